The summed E-state index contributed by atoms with van der Waals surface area (Å²) in [4.78, 5) is 0. The second-order valence-electron chi connectivity index (χ2n) is 5.51. The van der Waals surface area contributed by atoms with E-state index in [1.165, 1.54) is 22.3 Å². The van der Waals surface area contributed by atoms with Gasteiger partial charge in [-0.25, -0.2) is 5.43 Å². The topological polar surface area (TPSA) is 55.9 Å². The zero-order chi connectivity index (χ0) is 15.6. The molecule has 0 amide bonds. The summed E-state index contributed by atoms with van der Waals surface area (Å²) in [6, 6.07) is 4.32. The Kier molecular flexibility index (Phi) is 5.19. The normalized spacial score (nSPS) is 12.7. The van der Waals surface area contributed by atoms with Gasteiger partial charge in [-0.15, -0.1) is 0 Å². The summed E-state index contributed by atoms with van der Waals surface area (Å²) in [5.41, 5.74) is 9.03. The second kappa shape index (κ2) is 6.73. The van der Waals surface area contributed by atoms with E-state index < -0.39 is 0 Å². The number of hydrogen-bond donors (Lipinski definition) is 2. The van der Waals surface area contributed by atoms with Gasteiger partial charge in [0.2, 0.25) is 0 Å². The highest BCUT2D eigenvalue weighted by atomic mass is 79.9. The molecule has 0 radical (unpaired) electrons. The Bertz CT molecular complexity index is 610. The van der Waals surface area contributed by atoms with Crippen molar-refractivity contribution in [3.8, 4) is 0 Å². The van der Waals surface area contributed by atoms with Crippen LogP contribution in [0.5, 0.6) is 0 Å². The van der Waals surface area contributed by atoms with Gasteiger partial charge in [-0.1, -0.05) is 24.6 Å². The molecule has 1 aromatic heterocycles. The number of benzene rings is 1. The Balaban J connectivity index is 2.58. The molecular weight excluding hydrogens is 328 g/mol. The molecule has 1 aromatic carbocycles. The predicted molar refractivity (Wildman–Crippen MR) is 90.0 cm³/mol. The van der Waals surface area contributed by atoms with Gasteiger partial charge >= 0.3 is 0 Å². The molecule has 2 aromatic rings. The third-order valence-electron chi connectivity index (χ3n) is 3.74. The second-order valence-corrected chi connectivity index (χ2v) is 6.37. The molecule has 1 heterocycles. The van der Waals surface area contributed by atoms with Crippen molar-refractivity contribution < 1.29 is 0 Å². The number of nitrogens with one attached hydrogen (secondary N) is 1. The number of hydrogen-bond acceptors (Lipinski definition) is 3. The fraction of sp³-hybridized carbons (Fsp3) is 0.438. The van der Waals surface area contributed by atoms with Crippen LogP contribution in [0.25, 0.3) is 0 Å². The molecule has 4 nitrogen and oxygen atoms in total. The lowest BCUT2D eigenvalue weighted by Gasteiger charge is -2.23. The fourth-order valence-corrected chi connectivity index (χ4v) is 3.52. The third-order valence-corrected chi connectivity index (χ3v) is 4.35. The molecule has 21 heavy (non-hydrogen) atoms. The van der Waals surface area contributed by atoms with Crippen LogP contribution in [0.4, 0.5) is 0 Å². The first-order valence-electron chi connectivity index (χ1n) is 7.24. The lowest BCUT2D eigenvalue weighted by molar-refractivity contribution is 0.517. The minimum Gasteiger partial charge on any atom is -0.271 e. The average Bonchev–Trinajstić information content (AvgIpc) is 2.75. The third kappa shape index (κ3) is 3.20. The van der Waals surface area contributed by atoms with E-state index >= 15 is 0 Å². The van der Waals surface area contributed by atoms with Gasteiger partial charge in [0.05, 0.1) is 22.4 Å². The van der Waals surface area contributed by atoms with Crippen molar-refractivity contribution in [2.24, 2.45) is 5.84 Å². The maximum Gasteiger partial charge on any atom is 0.0894 e. The quantitative estimate of drug-likeness (QED) is 0.640. The van der Waals surface area contributed by atoms with Crippen LogP contribution >= 0.6 is 15.9 Å². The first-order valence-corrected chi connectivity index (χ1v) is 8.04. The number of rotatable bonds is 5. The van der Waals surface area contributed by atoms with Crippen LogP contribution in [0.1, 0.15) is 47.3 Å². The minimum absolute atomic E-state index is 0.0750. The standard InChI is InChI=1S/C16H23BrN4/c1-5-6-21-16(13(17)9-19-21)15(20-18)14-11(3)7-10(2)8-12(14)4/h7-9,15,20H,5-6,18H2,1-4H3. The van der Waals surface area contributed by atoms with Gasteiger partial charge in [0.1, 0.15) is 0 Å². The smallest absolute Gasteiger partial charge is 0.0894 e. The lowest BCUT2D eigenvalue weighted by atomic mass is 9.92. The summed E-state index contributed by atoms with van der Waals surface area (Å²) in [5, 5.41) is 4.45. The van der Waals surface area contributed by atoms with E-state index in [4.69, 9.17) is 5.84 Å². The van der Waals surface area contributed by atoms with Gasteiger partial charge in [-0.05, 0) is 59.8 Å². The van der Waals surface area contributed by atoms with E-state index in [-0.39, 0.29) is 6.04 Å². The zero-order valence-electron chi connectivity index (χ0n) is 13.1. The summed E-state index contributed by atoms with van der Waals surface area (Å²) < 4.78 is 3.01. The molecule has 0 aliphatic rings. The summed E-state index contributed by atoms with van der Waals surface area (Å²) in [6.45, 7) is 9.41. The number of hydrazine groups is 1. The Morgan fingerprint density at radius 2 is 1.90 bits per heavy atom. The Morgan fingerprint density at radius 3 is 2.43 bits per heavy atom. The van der Waals surface area contributed by atoms with Crippen molar-refractivity contribution in [3.05, 3.63) is 50.8 Å². The van der Waals surface area contributed by atoms with Gasteiger partial charge in [-0.3, -0.25) is 10.5 Å². The zero-order valence-corrected chi connectivity index (χ0v) is 14.7. The number of nitrogens with two attached hydrogens (primary N) is 1. The minimum atomic E-state index is -0.0750. The molecule has 1 unspecified atom stereocenters. The molecule has 5 heteroatoms. The van der Waals surface area contributed by atoms with E-state index in [0.717, 1.165) is 23.1 Å². The molecule has 0 aliphatic carbocycles. The molecule has 2 rings (SSSR count). The molecule has 0 fully saturated rings. The first kappa shape index (κ1) is 16.2. The van der Waals surface area contributed by atoms with Crippen molar-refractivity contribution >= 4 is 15.9 Å². The molecule has 3 N–H and O–H groups in total. The number of aromatic nitrogens is 2. The summed E-state index contributed by atoms with van der Waals surface area (Å²) in [6.07, 6.45) is 2.87. The molecule has 0 saturated carbocycles. The van der Waals surface area contributed by atoms with Crippen LogP contribution in [-0.4, -0.2) is 9.78 Å². The van der Waals surface area contributed by atoms with Crippen LogP contribution < -0.4 is 11.3 Å². The molecule has 1 atom stereocenters. The monoisotopic (exact) mass is 350 g/mol. The molecule has 0 spiro atoms. The van der Waals surface area contributed by atoms with Gasteiger partial charge in [-0.2, -0.15) is 5.10 Å². The van der Waals surface area contributed by atoms with Crippen molar-refractivity contribution in [2.75, 3.05) is 0 Å². The van der Waals surface area contributed by atoms with Crippen molar-refractivity contribution in [1.82, 2.24) is 15.2 Å². The number of nitrogens with zero attached hydrogens (tertiary/aromatic N) is 2. The van der Waals surface area contributed by atoms with Crippen LogP contribution in [-0.2, 0) is 6.54 Å². The fourth-order valence-electron chi connectivity index (χ4n) is 2.99. The average molecular weight is 351 g/mol. The Hall–Kier alpha value is -1.17. The SMILES string of the molecule is CCCn1ncc(Br)c1C(NN)c1c(C)cc(C)cc1C. The Labute approximate surface area is 134 Å². The largest absolute Gasteiger partial charge is 0.271 e. The van der Waals surface area contributed by atoms with Gasteiger partial charge in [0.15, 0.2) is 0 Å². The highest BCUT2D eigenvalue weighted by molar-refractivity contribution is 9.10. The van der Waals surface area contributed by atoms with E-state index in [2.05, 4.69) is 66.3 Å². The van der Waals surface area contributed by atoms with Crippen LogP contribution in [0.15, 0.2) is 22.8 Å². The summed E-state index contributed by atoms with van der Waals surface area (Å²) in [7, 11) is 0. The van der Waals surface area contributed by atoms with Crippen LogP contribution in [0, 0.1) is 20.8 Å². The van der Waals surface area contributed by atoms with Crippen molar-refractivity contribution in [3.63, 3.8) is 0 Å². The summed E-state index contributed by atoms with van der Waals surface area (Å²) >= 11 is 3.61. The number of halogens is 1. The van der Waals surface area contributed by atoms with E-state index in [0.29, 0.717) is 0 Å². The van der Waals surface area contributed by atoms with Crippen LogP contribution in [0.3, 0.4) is 0 Å². The molecule has 114 valence electrons. The van der Waals surface area contributed by atoms with Gasteiger partial charge in [0.25, 0.3) is 0 Å². The highest BCUT2D eigenvalue weighted by Gasteiger charge is 2.23. The van der Waals surface area contributed by atoms with Gasteiger partial charge in [0, 0.05) is 6.54 Å². The van der Waals surface area contributed by atoms with E-state index in [1.54, 1.807) is 0 Å². The molecule has 0 aliphatic heterocycles. The number of aryl methyl sites for hydroxylation is 4. The lowest BCUT2D eigenvalue weighted by Crippen LogP contribution is -2.32. The summed E-state index contributed by atoms with van der Waals surface area (Å²) in [5.74, 6) is 5.89. The molecular formula is C16H23BrN4. The Morgan fingerprint density at radius 1 is 1.29 bits per heavy atom. The van der Waals surface area contributed by atoms with E-state index in [9.17, 15) is 0 Å². The maximum atomic E-state index is 5.89. The van der Waals surface area contributed by atoms with Crippen LogP contribution in [0.2, 0.25) is 0 Å². The van der Waals surface area contributed by atoms with E-state index in [1.807, 2.05) is 10.9 Å². The maximum absolute atomic E-state index is 5.89. The highest BCUT2D eigenvalue weighted by Crippen LogP contribution is 2.32. The first-order chi connectivity index (χ1) is 9.99. The van der Waals surface area contributed by atoms with Crippen molar-refractivity contribution in [1.29, 1.82) is 0 Å². The predicted octanol–water partition coefficient (Wildman–Crippen LogP) is 3.53. The molecule has 0 saturated heterocycles. The molecule has 0 bridgehead atoms. The van der Waals surface area contributed by atoms with Gasteiger partial charge < -0.3 is 0 Å². The van der Waals surface area contributed by atoms with Crippen molar-refractivity contribution in [2.45, 2.75) is 46.7 Å².